The maximum atomic E-state index is 12.4. The molecule has 1 aliphatic carbocycles. The quantitative estimate of drug-likeness (QED) is 0.842. The van der Waals surface area contributed by atoms with Crippen LogP contribution in [0.1, 0.15) is 33.8 Å². The van der Waals surface area contributed by atoms with Gasteiger partial charge in [0.25, 0.3) is 5.91 Å². The molecule has 21 heavy (non-hydrogen) atoms. The van der Waals surface area contributed by atoms with Gasteiger partial charge in [0.2, 0.25) is 0 Å². The largest absolute Gasteiger partial charge is 0.453 e. The molecule has 2 aliphatic rings. The van der Waals surface area contributed by atoms with Crippen LogP contribution in [0.4, 0.5) is 0 Å². The zero-order valence-electron chi connectivity index (χ0n) is 11.5. The molecular formula is C16H16N2O3. The minimum absolute atomic E-state index is 0.0647. The highest BCUT2D eigenvalue weighted by Gasteiger charge is 2.40. The van der Waals surface area contributed by atoms with Gasteiger partial charge in [0.1, 0.15) is 5.58 Å². The molecule has 0 radical (unpaired) electrons. The minimum Gasteiger partial charge on any atom is -0.453 e. The van der Waals surface area contributed by atoms with Gasteiger partial charge in [-0.3, -0.25) is 9.59 Å². The summed E-state index contributed by atoms with van der Waals surface area (Å²) in [4.78, 5) is 23.1. The lowest BCUT2D eigenvalue weighted by atomic mass is 10.1. The summed E-state index contributed by atoms with van der Waals surface area (Å²) < 4.78 is 5.32. The third-order valence-electron chi connectivity index (χ3n) is 4.56. The van der Waals surface area contributed by atoms with Crippen LogP contribution in [-0.2, 0) is 0 Å². The van der Waals surface area contributed by atoms with E-state index in [1.165, 1.54) is 0 Å². The van der Waals surface area contributed by atoms with Crippen LogP contribution in [0.25, 0.3) is 11.0 Å². The van der Waals surface area contributed by atoms with Gasteiger partial charge in [-0.2, -0.15) is 0 Å². The number of aldehydes is 1. The maximum Gasteiger partial charge on any atom is 0.251 e. The van der Waals surface area contributed by atoms with Crippen LogP contribution in [-0.4, -0.2) is 30.8 Å². The monoisotopic (exact) mass is 284 g/mol. The van der Waals surface area contributed by atoms with E-state index in [0.29, 0.717) is 29.4 Å². The number of amides is 1. The van der Waals surface area contributed by atoms with Crippen molar-refractivity contribution >= 4 is 23.2 Å². The first-order chi connectivity index (χ1) is 10.2. The Kier molecular flexibility index (Phi) is 2.82. The number of furan rings is 1. The highest BCUT2D eigenvalue weighted by molar-refractivity contribution is 5.98. The minimum atomic E-state index is -0.0647. The molecule has 108 valence electrons. The number of carbonyl (C=O) groups excluding carboxylic acids is 2. The van der Waals surface area contributed by atoms with Gasteiger partial charge in [-0.25, -0.2) is 0 Å². The fourth-order valence-corrected chi connectivity index (χ4v) is 3.53. The maximum absolute atomic E-state index is 12.4. The Morgan fingerprint density at radius 2 is 2.24 bits per heavy atom. The van der Waals surface area contributed by atoms with Crippen LogP contribution < -0.4 is 10.6 Å². The molecule has 1 saturated carbocycles. The average Bonchev–Trinajstić information content (AvgIpc) is 3.20. The smallest absolute Gasteiger partial charge is 0.251 e. The molecule has 0 spiro atoms. The topological polar surface area (TPSA) is 71.3 Å². The van der Waals surface area contributed by atoms with Gasteiger partial charge in [0.05, 0.1) is 0 Å². The predicted octanol–water partition coefficient (Wildman–Crippen LogP) is 1.73. The van der Waals surface area contributed by atoms with Crippen molar-refractivity contribution in [1.29, 1.82) is 0 Å². The summed E-state index contributed by atoms with van der Waals surface area (Å²) in [5.74, 6) is 0.914. The normalized spacial score (nSPS) is 27.1. The lowest BCUT2D eigenvalue weighted by Crippen LogP contribution is -2.47. The zero-order chi connectivity index (χ0) is 14.4. The first-order valence-electron chi connectivity index (χ1n) is 7.26. The van der Waals surface area contributed by atoms with E-state index in [-0.39, 0.29) is 17.7 Å². The Labute approximate surface area is 121 Å². The average molecular weight is 284 g/mol. The molecule has 2 aromatic rings. The van der Waals surface area contributed by atoms with Gasteiger partial charge >= 0.3 is 0 Å². The second-order valence-electron chi connectivity index (χ2n) is 5.95. The van der Waals surface area contributed by atoms with E-state index in [1.807, 2.05) is 0 Å². The fraction of sp³-hybridized carbons (Fsp3) is 0.375. The Morgan fingerprint density at radius 1 is 1.33 bits per heavy atom. The van der Waals surface area contributed by atoms with Crippen molar-refractivity contribution in [2.75, 3.05) is 6.54 Å². The zero-order valence-corrected chi connectivity index (χ0v) is 11.5. The number of carbonyl (C=O) groups is 2. The van der Waals surface area contributed by atoms with Gasteiger partial charge < -0.3 is 15.1 Å². The Hall–Kier alpha value is -2.14. The fourth-order valence-electron chi connectivity index (χ4n) is 3.53. The van der Waals surface area contributed by atoms with E-state index in [0.717, 1.165) is 24.8 Å². The summed E-state index contributed by atoms with van der Waals surface area (Å²) in [6.07, 6.45) is 2.89. The number of hydrogen-bond acceptors (Lipinski definition) is 4. The lowest BCUT2D eigenvalue weighted by Gasteiger charge is -2.23. The van der Waals surface area contributed by atoms with Crippen molar-refractivity contribution in [2.45, 2.75) is 24.9 Å². The predicted molar refractivity (Wildman–Crippen MR) is 77.4 cm³/mol. The second-order valence-corrected chi connectivity index (χ2v) is 5.95. The Balaban J connectivity index is 1.54. The summed E-state index contributed by atoms with van der Waals surface area (Å²) in [6, 6.07) is 7.52. The molecule has 2 fully saturated rings. The number of piperidine rings is 1. The highest BCUT2D eigenvalue weighted by Crippen LogP contribution is 2.31. The van der Waals surface area contributed by atoms with E-state index >= 15 is 0 Å². The van der Waals surface area contributed by atoms with E-state index in [4.69, 9.17) is 4.42 Å². The van der Waals surface area contributed by atoms with Crippen LogP contribution in [0.15, 0.2) is 28.7 Å². The van der Waals surface area contributed by atoms with Crippen LogP contribution >= 0.6 is 0 Å². The number of benzene rings is 1. The van der Waals surface area contributed by atoms with E-state index < -0.39 is 0 Å². The number of fused-ring (bicyclic) bond motifs is 3. The summed E-state index contributed by atoms with van der Waals surface area (Å²) in [6.45, 7) is 1.08. The summed E-state index contributed by atoms with van der Waals surface area (Å²) in [5.41, 5.74) is 1.22. The molecule has 3 atom stereocenters. The van der Waals surface area contributed by atoms with Gasteiger partial charge in [-0.1, -0.05) is 0 Å². The number of rotatable bonds is 3. The van der Waals surface area contributed by atoms with Crippen LogP contribution in [0.2, 0.25) is 0 Å². The van der Waals surface area contributed by atoms with E-state index in [1.54, 1.807) is 24.3 Å². The van der Waals surface area contributed by atoms with Crippen molar-refractivity contribution in [3.05, 3.63) is 35.6 Å². The third kappa shape index (κ3) is 2.14. The van der Waals surface area contributed by atoms with Crippen molar-refractivity contribution in [2.24, 2.45) is 5.92 Å². The summed E-state index contributed by atoms with van der Waals surface area (Å²) in [5, 5.41) is 7.32. The Bertz CT molecular complexity index is 721. The second kappa shape index (κ2) is 4.70. The van der Waals surface area contributed by atoms with Gasteiger partial charge in [0.15, 0.2) is 12.0 Å². The molecular weight excluding hydrogens is 268 g/mol. The molecule has 3 unspecified atom stereocenters. The van der Waals surface area contributed by atoms with Gasteiger partial charge in [-0.05, 0) is 49.6 Å². The summed E-state index contributed by atoms with van der Waals surface area (Å²) in [7, 11) is 0. The molecule has 4 rings (SSSR count). The van der Waals surface area contributed by atoms with Crippen molar-refractivity contribution in [3.63, 3.8) is 0 Å². The summed E-state index contributed by atoms with van der Waals surface area (Å²) >= 11 is 0. The molecule has 1 amide bonds. The first-order valence-corrected chi connectivity index (χ1v) is 7.26. The van der Waals surface area contributed by atoms with Crippen LogP contribution in [0.5, 0.6) is 0 Å². The molecule has 2 N–H and O–H groups in total. The standard InChI is InChI=1S/C16H16N2O3/c19-8-12-6-11-5-10(1-2-15(11)21-12)16(20)18-14-4-9-3-13(14)17-7-9/h1-2,5-6,8-9,13-14,17H,3-4,7H2,(H,18,20). The third-order valence-corrected chi connectivity index (χ3v) is 4.56. The molecule has 2 bridgehead atoms. The molecule has 2 heterocycles. The SMILES string of the molecule is O=Cc1cc2cc(C(=O)NC3CC4CNC3C4)ccc2o1. The van der Waals surface area contributed by atoms with Crippen LogP contribution in [0.3, 0.4) is 0 Å². The lowest BCUT2D eigenvalue weighted by molar-refractivity contribution is 0.0928. The number of nitrogens with one attached hydrogen (secondary N) is 2. The Morgan fingerprint density at radius 3 is 2.95 bits per heavy atom. The van der Waals surface area contributed by atoms with E-state index in [2.05, 4.69) is 10.6 Å². The van der Waals surface area contributed by atoms with Crippen LogP contribution in [0, 0.1) is 5.92 Å². The molecule has 1 aliphatic heterocycles. The molecule has 5 nitrogen and oxygen atoms in total. The molecule has 1 saturated heterocycles. The van der Waals surface area contributed by atoms with Crippen molar-refractivity contribution in [3.8, 4) is 0 Å². The molecule has 1 aromatic heterocycles. The van der Waals surface area contributed by atoms with E-state index in [9.17, 15) is 9.59 Å². The number of hydrogen-bond donors (Lipinski definition) is 2. The first kappa shape index (κ1) is 12.6. The van der Waals surface area contributed by atoms with Gasteiger partial charge in [-0.15, -0.1) is 0 Å². The van der Waals surface area contributed by atoms with Crippen molar-refractivity contribution in [1.82, 2.24) is 10.6 Å². The highest BCUT2D eigenvalue weighted by atomic mass is 16.3. The molecule has 1 aromatic carbocycles. The molecule has 5 heteroatoms. The van der Waals surface area contributed by atoms with Gasteiger partial charge in [0, 0.05) is 23.0 Å². The van der Waals surface area contributed by atoms with Crippen molar-refractivity contribution < 1.29 is 14.0 Å².